The van der Waals surface area contributed by atoms with Gasteiger partial charge in [-0.3, -0.25) is 4.79 Å². The molecule has 112 valence electrons. The summed E-state index contributed by atoms with van der Waals surface area (Å²) in [5, 5.41) is 8.53. The second-order valence-corrected chi connectivity index (χ2v) is 6.05. The molecule has 0 aliphatic rings. The number of ether oxygens (including phenoxy) is 1. The average Bonchev–Trinajstić information content (AvgIpc) is 2.85. The molecule has 0 aliphatic heterocycles. The van der Waals surface area contributed by atoms with Gasteiger partial charge in [-0.1, -0.05) is 46.7 Å². The zero-order chi connectivity index (χ0) is 15.2. The van der Waals surface area contributed by atoms with E-state index in [4.69, 9.17) is 10.6 Å². The first-order valence-electron chi connectivity index (χ1n) is 6.36. The molecule has 2 aromatic rings. The Bertz CT molecular complexity index is 615. The number of benzene rings is 1. The molecule has 0 atom stereocenters. The van der Waals surface area contributed by atoms with Crippen molar-refractivity contribution in [2.45, 2.75) is 18.5 Å². The lowest BCUT2D eigenvalue weighted by atomic mass is 10.2. The average molecular weight is 371 g/mol. The van der Waals surface area contributed by atoms with E-state index in [0.29, 0.717) is 17.6 Å². The number of aromatic nitrogens is 3. The topological polar surface area (TPSA) is 83.0 Å². The van der Waals surface area contributed by atoms with Gasteiger partial charge in [0.15, 0.2) is 5.82 Å². The first-order chi connectivity index (χ1) is 10.1. The predicted octanol–water partition coefficient (Wildman–Crippen LogP) is 2.47. The zero-order valence-corrected chi connectivity index (χ0v) is 13.9. The standard InChI is InChI=1S/C13H15BrN4O2S/c1-2-7-20-11(19)8-21-13-17-16-12(18(13)15)9-3-5-10(14)6-4-9/h3-6H,2,7-8,15H2,1H3. The molecule has 0 amide bonds. The Kier molecular flexibility index (Phi) is 5.63. The van der Waals surface area contributed by atoms with E-state index in [2.05, 4.69) is 26.1 Å². The lowest BCUT2D eigenvalue weighted by molar-refractivity contribution is -0.140. The fourth-order valence-corrected chi connectivity index (χ4v) is 2.47. The molecular formula is C13H15BrN4O2S. The van der Waals surface area contributed by atoms with Gasteiger partial charge in [-0.05, 0) is 18.6 Å². The molecule has 0 unspecified atom stereocenters. The summed E-state index contributed by atoms with van der Waals surface area (Å²) in [5.41, 5.74) is 0.855. The van der Waals surface area contributed by atoms with Crippen molar-refractivity contribution >= 4 is 33.7 Å². The first-order valence-corrected chi connectivity index (χ1v) is 8.14. The van der Waals surface area contributed by atoms with E-state index in [1.165, 1.54) is 16.4 Å². The lowest BCUT2D eigenvalue weighted by Crippen LogP contribution is -2.13. The molecule has 0 bridgehead atoms. The highest BCUT2D eigenvalue weighted by atomic mass is 79.9. The molecule has 1 heterocycles. The van der Waals surface area contributed by atoms with E-state index in [1.807, 2.05) is 31.2 Å². The minimum atomic E-state index is -0.282. The number of esters is 1. The number of nitrogen functional groups attached to an aromatic ring is 1. The van der Waals surface area contributed by atoms with Gasteiger partial charge in [0.2, 0.25) is 5.16 Å². The van der Waals surface area contributed by atoms with Crippen LogP contribution in [0.3, 0.4) is 0 Å². The molecule has 0 radical (unpaired) electrons. The van der Waals surface area contributed by atoms with Crippen molar-refractivity contribution in [3.05, 3.63) is 28.7 Å². The van der Waals surface area contributed by atoms with E-state index in [1.54, 1.807) is 0 Å². The van der Waals surface area contributed by atoms with Crippen LogP contribution in [0, 0.1) is 0 Å². The van der Waals surface area contributed by atoms with Crippen LogP contribution >= 0.6 is 27.7 Å². The monoisotopic (exact) mass is 370 g/mol. The molecule has 0 fully saturated rings. The third-order valence-electron chi connectivity index (χ3n) is 2.55. The number of rotatable bonds is 6. The van der Waals surface area contributed by atoms with Crippen LogP contribution in [-0.4, -0.2) is 33.2 Å². The van der Waals surface area contributed by atoms with Gasteiger partial charge in [-0.2, -0.15) is 0 Å². The molecular weight excluding hydrogens is 356 g/mol. The minimum Gasteiger partial charge on any atom is -0.465 e. The van der Waals surface area contributed by atoms with Crippen molar-refractivity contribution < 1.29 is 9.53 Å². The third-order valence-corrected chi connectivity index (χ3v) is 4.00. The number of carbonyl (C=O) groups is 1. The Morgan fingerprint density at radius 3 is 2.76 bits per heavy atom. The SMILES string of the molecule is CCCOC(=O)CSc1nnc(-c2ccc(Br)cc2)n1N. The van der Waals surface area contributed by atoms with Crippen molar-refractivity contribution in [3.63, 3.8) is 0 Å². The summed E-state index contributed by atoms with van der Waals surface area (Å²) in [4.78, 5) is 11.5. The summed E-state index contributed by atoms with van der Waals surface area (Å²) < 4.78 is 7.34. The summed E-state index contributed by atoms with van der Waals surface area (Å²) in [6.07, 6.45) is 0.803. The van der Waals surface area contributed by atoms with E-state index in [9.17, 15) is 4.79 Å². The van der Waals surface area contributed by atoms with Crippen molar-refractivity contribution in [2.75, 3.05) is 18.2 Å². The number of carbonyl (C=O) groups excluding carboxylic acids is 1. The van der Waals surface area contributed by atoms with Crippen molar-refractivity contribution in [1.82, 2.24) is 14.9 Å². The summed E-state index contributed by atoms with van der Waals surface area (Å²) in [6.45, 7) is 2.38. The van der Waals surface area contributed by atoms with Crippen molar-refractivity contribution in [1.29, 1.82) is 0 Å². The Labute approximate surface area is 135 Å². The Morgan fingerprint density at radius 1 is 1.38 bits per heavy atom. The second-order valence-electron chi connectivity index (χ2n) is 4.19. The van der Waals surface area contributed by atoms with Crippen LogP contribution in [0.25, 0.3) is 11.4 Å². The van der Waals surface area contributed by atoms with Gasteiger partial charge in [-0.15, -0.1) is 10.2 Å². The van der Waals surface area contributed by atoms with Gasteiger partial charge in [0.1, 0.15) is 0 Å². The molecule has 21 heavy (non-hydrogen) atoms. The number of hydrogen-bond donors (Lipinski definition) is 1. The molecule has 0 saturated carbocycles. The van der Waals surface area contributed by atoms with Gasteiger partial charge in [0, 0.05) is 10.0 Å². The molecule has 1 aromatic carbocycles. The number of nitrogens with two attached hydrogens (primary N) is 1. The lowest BCUT2D eigenvalue weighted by Gasteiger charge is -2.04. The van der Waals surface area contributed by atoms with Crippen molar-refractivity contribution in [2.24, 2.45) is 0 Å². The van der Waals surface area contributed by atoms with Crippen LogP contribution < -0.4 is 5.84 Å². The normalized spacial score (nSPS) is 10.6. The number of nitrogens with zero attached hydrogens (tertiary/aromatic N) is 3. The molecule has 2 N–H and O–H groups in total. The van der Waals surface area contributed by atoms with Crippen LogP contribution in [0.5, 0.6) is 0 Å². The van der Waals surface area contributed by atoms with Crippen LogP contribution in [0.15, 0.2) is 33.9 Å². The van der Waals surface area contributed by atoms with Crippen LogP contribution in [-0.2, 0) is 9.53 Å². The van der Waals surface area contributed by atoms with E-state index in [0.717, 1.165) is 16.5 Å². The molecule has 0 saturated heterocycles. The first kappa shape index (κ1) is 15.8. The van der Waals surface area contributed by atoms with Crippen LogP contribution in [0.4, 0.5) is 0 Å². The van der Waals surface area contributed by atoms with Gasteiger partial charge >= 0.3 is 5.97 Å². The van der Waals surface area contributed by atoms with Crippen molar-refractivity contribution in [3.8, 4) is 11.4 Å². The maximum atomic E-state index is 11.5. The summed E-state index contributed by atoms with van der Waals surface area (Å²) in [6, 6.07) is 7.58. The second kappa shape index (κ2) is 7.46. The molecule has 0 aliphatic carbocycles. The van der Waals surface area contributed by atoms with Crippen LogP contribution in [0.1, 0.15) is 13.3 Å². The summed E-state index contributed by atoms with van der Waals surface area (Å²) in [5.74, 6) is 6.39. The zero-order valence-electron chi connectivity index (χ0n) is 11.5. The molecule has 8 heteroatoms. The molecule has 2 rings (SSSR count). The Balaban J connectivity index is 2.03. The van der Waals surface area contributed by atoms with E-state index >= 15 is 0 Å². The quantitative estimate of drug-likeness (QED) is 0.477. The van der Waals surface area contributed by atoms with E-state index in [-0.39, 0.29) is 11.7 Å². The fraction of sp³-hybridized carbons (Fsp3) is 0.308. The fourth-order valence-electron chi connectivity index (χ4n) is 1.55. The number of halogens is 1. The summed E-state index contributed by atoms with van der Waals surface area (Å²) >= 11 is 4.58. The summed E-state index contributed by atoms with van der Waals surface area (Å²) in [7, 11) is 0. The Hall–Kier alpha value is -1.54. The highest BCUT2D eigenvalue weighted by Crippen LogP contribution is 2.23. The Morgan fingerprint density at radius 2 is 2.10 bits per heavy atom. The third kappa shape index (κ3) is 4.21. The predicted molar refractivity (Wildman–Crippen MR) is 85.3 cm³/mol. The van der Waals surface area contributed by atoms with Gasteiger partial charge in [-0.25, -0.2) is 4.68 Å². The minimum absolute atomic E-state index is 0.162. The van der Waals surface area contributed by atoms with Gasteiger partial charge < -0.3 is 10.6 Å². The van der Waals surface area contributed by atoms with E-state index < -0.39 is 0 Å². The number of hydrogen-bond acceptors (Lipinski definition) is 6. The highest BCUT2D eigenvalue weighted by molar-refractivity contribution is 9.10. The maximum absolute atomic E-state index is 11.5. The number of thioether (sulfide) groups is 1. The van der Waals surface area contributed by atoms with Gasteiger partial charge in [0.25, 0.3) is 0 Å². The maximum Gasteiger partial charge on any atom is 0.316 e. The molecule has 0 spiro atoms. The smallest absolute Gasteiger partial charge is 0.316 e. The largest absolute Gasteiger partial charge is 0.465 e. The highest BCUT2D eigenvalue weighted by Gasteiger charge is 2.14. The van der Waals surface area contributed by atoms with Gasteiger partial charge in [0.05, 0.1) is 12.4 Å². The van der Waals surface area contributed by atoms with Crippen LogP contribution in [0.2, 0.25) is 0 Å². The molecule has 6 nitrogen and oxygen atoms in total. The molecule has 1 aromatic heterocycles.